The number of urea groups is 1. The Morgan fingerprint density at radius 1 is 1.22 bits per heavy atom. The van der Waals surface area contributed by atoms with E-state index in [0.29, 0.717) is 0 Å². The smallest absolute Gasteiger partial charge is 0.327 e. The molecule has 0 aromatic heterocycles. The molecule has 1 fully saturated rings. The lowest BCUT2D eigenvalue weighted by Crippen LogP contribution is -2.42. The molecule has 0 radical (unpaired) electrons. The van der Waals surface area contributed by atoms with Gasteiger partial charge >= 0.3 is 12.0 Å². The number of hydrogen-bond donors (Lipinski definition) is 0. The molecule has 18 heavy (non-hydrogen) atoms. The number of amides is 3. The monoisotopic (exact) mass is 256 g/mol. The number of esters is 1. The molecular weight excluding hydrogens is 236 g/mol. The highest BCUT2D eigenvalue weighted by atomic mass is 16.5. The van der Waals surface area contributed by atoms with Crippen LogP contribution in [0.15, 0.2) is 0 Å². The van der Waals surface area contributed by atoms with Gasteiger partial charge in [-0.05, 0) is 27.7 Å². The average Bonchev–Trinajstić information content (AvgIpc) is 2.50. The zero-order chi connectivity index (χ0) is 14.0. The van der Waals surface area contributed by atoms with E-state index < -0.39 is 12.0 Å². The van der Waals surface area contributed by atoms with Crippen molar-refractivity contribution in [1.29, 1.82) is 0 Å². The van der Waals surface area contributed by atoms with Crippen LogP contribution < -0.4 is 0 Å². The molecule has 0 aromatic rings. The van der Waals surface area contributed by atoms with E-state index in [1.54, 1.807) is 13.8 Å². The average molecular weight is 256 g/mol. The minimum Gasteiger partial charge on any atom is -0.469 e. The molecule has 0 spiro atoms. The second-order valence-electron chi connectivity index (χ2n) is 4.88. The molecule has 0 saturated carbocycles. The molecule has 3 amide bonds. The van der Waals surface area contributed by atoms with Gasteiger partial charge in [-0.25, -0.2) is 4.79 Å². The van der Waals surface area contributed by atoms with Gasteiger partial charge in [-0.3, -0.25) is 14.5 Å². The summed E-state index contributed by atoms with van der Waals surface area (Å²) in [4.78, 5) is 38.3. The van der Waals surface area contributed by atoms with Crippen molar-refractivity contribution in [2.45, 2.75) is 52.2 Å². The summed E-state index contributed by atoms with van der Waals surface area (Å²) in [5.41, 5.74) is 0. The third kappa shape index (κ3) is 2.47. The minimum absolute atomic E-state index is 0.0948. The summed E-state index contributed by atoms with van der Waals surface area (Å²) >= 11 is 0. The fraction of sp³-hybridized carbons (Fsp3) is 0.750. The summed E-state index contributed by atoms with van der Waals surface area (Å²) in [6, 6.07) is -1.43. The van der Waals surface area contributed by atoms with Crippen LogP contribution in [0.3, 0.4) is 0 Å². The van der Waals surface area contributed by atoms with Gasteiger partial charge in [-0.15, -0.1) is 0 Å². The van der Waals surface area contributed by atoms with Crippen LogP contribution in [-0.4, -0.2) is 52.9 Å². The first-order chi connectivity index (χ1) is 8.31. The lowest BCUT2D eigenvalue weighted by atomic mass is 10.1. The Balaban J connectivity index is 3.02. The van der Waals surface area contributed by atoms with Crippen molar-refractivity contribution in [1.82, 2.24) is 9.80 Å². The summed E-state index contributed by atoms with van der Waals surface area (Å²) in [6.07, 6.45) is -0.0948. The normalized spacial score (nSPS) is 20.3. The van der Waals surface area contributed by atoms with Gasteiger partial charge in [0.15, 0.2) is 0 Å². The molecule has 1 saturated heterocycles. The van der Waals surface area contributed by atoms with Crippen molar-refractivity contribution in [3.63, 3.8) is 0 Å². The van der Waals surface area contributed by atoms with E-state index in [2.05, 4.69) is 4.74 Å². The molecule has 1 rings (SSSR count). The highest BCUT2D eigenvalue weighted by Gasteiger charge is 2.47. The minimum atomic E-state index is -0.743. The van der Waals surface area contributed by atoms with Crippen LogP contribution in [0.1, 0.15) is 34.1 Å². The topological polar surface area (TPSA) is 66.9 Å². The second kappa shape index (κ2) is 5.37. The zero-order valence-corrected chi connectivity index (χ0v) is 11.5. The van der Waals surface area contributed by atoms with E-state index in [0.717, 1.165) is 0 Å². The molecule has 102 valence electrons. The fourth-order valence-corrected chi connectivity index (χ4v) is 2.11. The molecule has 0 bridgehead atoms. The van der Waals surface area contributed by atoms with Crippen LogP contribution in [0.25, 0.3) is 0 Å². The molecule has 1 aliphatic rings. The standard InChI is InChI=1S/C12H20N2O4/c1-7(2)13-9(6-10(15)18-5)11(16)14(8(3)4)12(13)17/h7-9H,6H2,1-5H3. The van der Waals surface area contributed by atoms with Gasteiger partial charge in [-0.2, -0.15) is 0 Å². The Kier molecular flexibility index (Phi) is 4.32. The van der Waals surface area contributed by atoms with E-state index in [-0.39, 0.29) is 30.4 Å². The maximum atomic E-state index is 12.2. The van der Waals surface area contributed by atoms with Crippen molar-refractivity contribution in [2.24, 2.45) is 0 Å². The number of carbonyl (C=O) groups excluding carboxylic acids is 3. The molecule has 6 heteroatoms. The summed E-state index contributed by atoms with van der Waals surface area (Å²) in [7, 11) is 1.27. The fourth-order valence-electron chi connectivity index (χ4n) is 2.11. The summed E-state index contributed by atoms with van der Waals surface area (Å²) in [6.45, 7) is 7.18. The van der Waals surface area contributed by atoms with Crippen LogP contribution in [0.5, 0.6) is 0 Å². The second-order valence-corrected chi connectivity index (χ2v) is 4.88. The van der Waals surface area contributed by atoms with Crippen LogP contribution in [0.2, 0.25) is 0 Å². The van der Waals surface area contributed by atoms with Crippen molar-refractivity contribution >= 4 is 17.9 Å². The first kappa shape index (κ1) is 14.5. The highest BCUT2D eigenvalue weighted by Crippen LogP contribution is 2.24. The largest absolute Gasteiger partial charge is 0.469 e. The van der Waals surface area contributed by atoms with Crippen molar-refractivity contribution < 1.29 is 19.1 Å². The number of methoxy groups -OCH3 is 1. The summed E-state index contributed by atoms with van der Waals surface area (Å²) in [5, 5.41) is 0. The van der Waals surface area contributed by atoms with E-state index in [9.17, 15) is 14.4 Å². The van der Waals surface area contributed by atoms with Gasteiger partial charge < -0.3 is 9.64 Å². The molecule has 1 unspecified atom stereocenters. The summed E-state index contributed by atoms with van der Waals surface area (Å²) in [5.74, 6) is -0.813. The first-order valence-corrected chi connectivity index (χ1v) is 6.03. The lowest BCUT2D eigenvalue weighted by molar-refractivity contribution is -0.144. The third-order valence-corrected chi connectivity index (χ3v) is 2.95. The molecule has 6 nitrogen and oxygen atoms in total. The first-order valence-electron chi connectivity index (χ1n) is 6.03. The van der Waals surface area contributed by atoms with Gasteiger partial charge in [0.25, 0.3) is 5.91 Å². The Hall–Kier alpha value is -1.59. The van der Waals surface area contributed by atoms with E-state index in [4.69, 9.17) is 0 Å². The zero-order valence-electron chi connectivity index (χ0n) is 11.5. The highest BCUT2D eigenvalue weighted by molar-refractivity contribution is 6.05. The molecule has 0 aliphatic carbocycles. The molecule has 0 N–H and O–H groups in total. The van der Waals surface area contributed by atoms with E-state index >= 15 is 0 Å². The summed E-state index contributed by atoms with van der Waals surface area (Å²) < 4.78 is 4.57. The van der Waals surface area contributed by atoms with Gasteiger partial charge in [0.05, 0.1) is 13.5 Å². The van der Waals surface area contributed by atoms with Crippen molar-refractivity contribution in [3.05, 3.63) is 0 Å². The molecular formula is C12H20N2O4. The van der Waals surface area contributed by atoms with Crippen LogP contribution in [0.4, 0.5) is 4.79 Å². The SMILES string of the molecule is COC(=O)CC1C(=O)N(C(C)C)C(=O)N1C(C)C. The number of hydrogen-bond acceptors (Lipinski definition) is 4. The van der Waals surface area contributed by atoms with Crippen LogP contribution >= 0.6 is 0 Å². The van der Waals surface area contributed by atoms with Crippen LogP contribution in [0, 0.1) is 0 Å². The van der Waals surface area contributed by atoms with Gasteiger partial charge in [0.2, 0.25) is 0 Å². The Morgan fingerprint density at radius 2 is 1.78 bits per heavy atom. The predicted octanol–water partition coefficient (Wildman–Crippen LogP) is 0.999. The quantitative estimate of drug-likeness (QED) is 0.556. The third-order valence-electron chi connectivity index (χ3n) is 2.95. The van der Waals surface area contributed by atoms with E-state index in [1.807, 2.05) is 13.8 Å². The number of imide groups is 1. The Bertz CT molecular complexity index is 365. The van der Waals surface area contributed by atoms with Crippen molar-refractivity contribution in [2.75, 3.05) is 7.11 Å². The molecule has 1 aliphatic heterocycles. The van der Waals surface area contributed by atoms with E-state index in [1.165, 1.54) is 16.9 Å². The number of nitrogens with zero attached hydrogens (tertiary/aromatic N) is 2. The maximum absolute atomic E-state index is 12.2. The number of ether oxygens (including phenoxy) is 1. The molecule has 0 aromatic carbocycles. The van der Waals surface area contributed by atoms with Crippen molar-refractivity contribution in [3.8, 4) is 0 Å². The number of carbonyl (C=O) groups is 3. The van der Waals surface area contributed by atoms with Gasteiger partial charge in [0, 0.05) is 12.1 Å². The van der Waals surface area contributed by atoms with Crippen LogP contribution in [-0.2, 0) is 14.3 Å². The maximum Gasteiger partial charge on any atom is 0.327 e. The Morgan fingerprint density at radius 3 is 2.17 bits per heavy atom. The predicted molar refractivity (Wildman–Crippen MR) is 64.8 cm³/mol. The lowest BCUT2D eigenvalue weighted by Gasteiger charge is -2.25. The Labute approximate surface area is 107 Å². The molecule has 1 atom stereocenters. The van der Waals surface area contributed by atoms with Gasteiger partial charge in [0.1, 0.15) is 6.04 Å². The molecule has 1 heterocycles. The van der Waals surface area contributed by atoms with Gasteiger partial charge in [-0.1, -0.05) is 0 Å². The number of rotatable bonds is 4.